The van der Waals surface area contributed by atoms with Crippen molar-refractivity contribution < 1.29 is 18.1 Å². The van der Waals surface area contributed by atoms with Gasteiger partial charge in [-0.1, -0.05) is 6.07 Å². The molecule has 0 bridgehead atoms. The van der Waals surface area contributed by atoms with Crippen LogP contribution in [0.1, 0.15) is 37.1 Å². The Balaban J connectivity index is 1.78. The minimum atomic E-state index is -4.49. The molecule has 0 spiro atoms. The van der Waals surface area contributed by atoms with E-state index >= 15 is 0 Å². The molecule has 2 heterocycles. The molecule has 0 amide bonds. The summed E-state index contributed by atoms with van der Waals surface area (Å²) in [6.45, 7) is 2.56. The highest BCUT2D eigenvalue weighted by Crippen LogP contribution is 2.31. The molecule has 7 nitrogen and oxygen atoms in total. The van der Waals surface area contributed by atoms with Crippen LogP contribution in [0.25, 0.3) is 0 Å². The second-order valence-electron chi connectivity index (χ2n) is 6.71. The third-order valence-corrected chi connectivity index (χ3v) is 4.62. The number of nitrogens with one attached hydrogen (secondary N) is 1. The Kier molecular flexibility index (Phi) is 4.78. The second-order valence-corrected chi connectivity index (χ2v) is 6.71. The molecule has 1 aromatic rings. The zero-order chi connectivity index (χ0) is 19.1. The Morgan fingerprint density at radius 1 is 1.38 bits per heavy atom. The summed E-state index contributed by atoms with van der Waals surface area (Å²) in [6, 6.07) is 2.21. The highest BCUT2D eigenvalue weighted by molar-refractivity contribution is 5.21. The average molecular weight is 371 g/mol. The molecule has 0 aromatic carbocycles. The van der Waals surface area contributed by atoms with Crippen molar-refractivity contribution in [2.75, 3.05) is 20.3 Å². The molecule has 3 rings (SSSR count). The summed E-state index contributed by atoms with van der Waals surface area (Å²) >= 11 is 0. The number of alkyl halides is 3. The molecule has 2 aliphatic rings. The molecule has 142 valence electrons. The normalized spacial score (nSPS) is 20.3. The van der Waals surface area contributed by atoms with Crippen LogP contribution in [-0.4, -0.2) is 46.0 Å². The standard InChI is InChI=1S/C16H20F3N5O2/c1-10(11-3-6-14(20-7-11)16(17,18)19)21-15-13(24(25)26)8-23(9-22(15)2)12-4-5-12/h3,6-7,10,12,21H,4-5,8-9H2,1-2H3. The van der Waals surface area contributed by atoms with Crippen LogP contribution in [0.2, 0.25) is 0 Å². The van der Waals surface area contributed by atoms with E-state index in [0.717, 1.165) is 25.1 Å². The van der Waals surface area contributed by atoms with Crippen LogP contribution < -0.4 is 5.32 Å². The number of hydrogen-bond donors (Lipinski definition) is 1. The van der Waals surface area contributed by atoms with Gasteiger partial charge in [-0.05, 0) is 31.4 Å². The van der Waals surface area contributed by atoms with Gasteiger partial charge in [-0.15, -0.1) is 0 Å². The zero-order valence-electron chi connectivity index (χ0n) is 14.5. The largest absolute Gasteiger partial charge is 0.433 e. The Morgan fingerprint density at radius 2 is 2.08 bits per heavy atom. The molecule has 1 aromatic heterocycles. The molecule has 1 aliphatic heterocycles. The van der Waals surface area contributed by atoms with Crippen molar-refractivity contribution in [3.05, 3.63) is 51.2 Å². The molecule has 0 radical (unpaired) electrons. The van der Waals surface area contributed by atoms with Crippen LogP contribution in [-0.2, 0) is 6.18 Å². The molecule has 1 fully saturated rings. The Hall–Kier alpha value is -2.36. The lowest BCUT2D eigenvalue weighted by molar-refractivity contribution is -0.432. The highest BCUT2D eigenvalue weighted by atomic mass is 19.4. The predicted molar refractivity (Wildman–Crippen MR) is 87.2 cm³/mol. The van der Waals surface area contributed by atoms with Crippen molar-refractivity contribution in [3.8, 4) is 0 Å². The van der Waals surface area contributed by atoms with E-state index in [9.17, 15) is 23.3 Å². The van der Waals surface area contributed by atoms with Gasteiger partial charge in [0.05, 0.1) is 24.2 Å². The van der Waals surface area contributed by atoms with Crippen molar-refractivity contribution in [2.45, 2.75) is 38.0 Å². The highest BCUT2D eigenvalue weighted by Gasteiger charge is 2.38. The number of nitro groups is 1. The number of nitrogens with zero attached hydrogens (tertiary/aromatic N) is 4. The molecule has 1 atom stereocenters. The van der Waals surface area contributed by atoms with Gasteiger partial charge in [-0.2, -0.15) is 13.2 Å². The fourth-order valence-electron chi connectivity index (χ4n) is 3.02. The van der Waals surface area contributed by atoms with Crippen LogP contribution in [0.5, 0.6) is 0 Å². The number of pyridine rings is 1. The summed E-state index contributed by atoms with van der Waals surface area (Å²) in [5.41, 5.74) is -0.378. The zero-order valence-corrected chi connectivity index (χ0v) is 14.5. The van der Waals surface area contributed by atoms with Crippen LogP contribution in [0.4, 0.5) is 13.2 Å². The van der Waals surface area contributed by atoms with E-state index in [1.54, 1.807) is 18.9 Å². The number of aromatic nitrogens is 1. The first-order valence-electron chi connectivity index (χ1n) is 8.29. The van der Waals surface area contributed by atoms with Crippen molar-refractivity contribution in [1.82, 2.24) is 20.1 Å². The van der Waals surface area contributed by atoms with Gasteiger partial charge < -0.3 is 10.2 Å². The Bertz CT molecular complexity index is 716. The first-order valence-corrected chi connectivity index (χ1v) is 8.29. The third kappa shape index (κ3) is 3.90. The van der Waals surface area contributed by atoms with E-state index in [0.29, 0.717) is 24.1 Å². The maximum atomic E-state index is 12.6. The van der Waals surface area contributed by atoms with E-state index < -0.39 is 22.8 Å². The van der Waals surface area contributed by atoms with Crippen molar-refractivity contribution in [3.63, 3.8) is 0 Å². The van der Waals surface area contributed by atoms with Gasteiger partial charge in [0.1, 0.15) is 5.69 Å². The van der Waals surface area contributed by atoms with E-state index in [2.05, 4.69) is 15.2 Å². The summed E-state index contributed by atoms with van der Waals surface area (Å²) in [7, 11) is 1.76. The minimum absolute atomic E-state index is 0.0670. The molecular weight excluding hydrogens is 351 g/mol. The summed E-state index contributed by atoms with van der Waals surface area (Å²) in [5, 5.41) is 14.6. The summed E-state index contributed by atoms with van der Waals surface area (Å²) in [4.78, 5) is 18.4. The van der Waals surface area contributed by atoms with E-state index in [-0.39, 0.29) is 12.2 Å². The van der Waals surface area contributed by atoms with E-state index in [1.165, 1.54) is 6.07 Å². The van der Waals surface area contributed by atoms with E-state index in [4.69, 9.17) is 0 Å². The van der Waals surface area contributed by atoms with Gasteiger partial charge in [-0.25, -0.2) is 0 Å². The quantitative estimate of drug-likeness (QED) is 0.633. The molecule has 0 saturated heterocycles. The number of halogens is 3. The van der Waals surface area contributed by atoms with Crippen LogP contribution >= 0.6 is 0 Å². The Labute approximate surface area is 148 Å². The van der Waals surface area contributed by atoms with Gasteiger partial charge in [0, 0.05) is 19.3 Å². The molecule has 1 unspecified atom stereocenters. The lowest BCUT2D eigenvalue weighted by Gasteiger charge is -2.36. The fourth-order valence-corrected chi connectivity index (χ4v) is 3.02. The topological polar surface area (TPSA) is 74.5 Å². The Morgan fingerprint density at radius 3 is 2.58 bits per heavy atom. The maximum absolute atomic E-state index is 12.6. The first-order chi connectivity index (χ1) is 12.2. The fraction of sp³-hybridized carbons (Fsp3) is 0.562. The van der Waals surface area contributed by atoms with Gasteiger partial charge >= 0.3 is 6.18 Å². The third-order valence-electron chi connectivity index (χ3n) is 4.62. The molecule has 1 N–H and O–H groups in total. The maximum Gasteiger partial charge on any atom is 0.433 e. The van der Waals surface area contributed by atoms with Crippen molar-refractivity contribution in [2.24, 2.45) is 0 Å². The SMILES string of the molecule is CC(NC1=C([N+](=O)[O-])CN(C2CC2)CN1C)c1ccc(C(F)(F)F)nc1. The van der Waals surface area contributed by atoms with Crippen LogP contribution in [0, 0.1) is 10.1 Å². The lowest BCUT2D eigenvalue weighted by atomic mass is 10.1. The predicted octanol–water partition coefficient (Wildman–Crippen LogP) is 2.56. The average Bonchev–Trinajstić information content (AvgIpc) is 3.40. The molecule has 1 saturated carbocycles. The number of rotatable bonds is 5. The van der Waals surface area contributed by atoms with Crippen LogP contribution in [0.15, 0.2) is 29.8 Å². The smallest absolute Gasteiger partial charge is 0.360 e. The van der Waals surface area contributed by atoms with Gasteiger partial charge in [-0.3, -0.25) is 20.0 Å². The summed E-state index contributed by atoms with van der Waals surface area (Å²) in [5.74, 6) is 0.388. The summed E-state index contributed by atoms with van der Waals surface area (Å²) in [6.07, 6.45) is -1.25. The monoisotopic (exact) mass is 371 g/mol. The van der Waals surface area contributed by atoms with Crippen LogP contribution in [0.3, 0.4) is 0 Å². The molecule has 26 heavy (non-hydrogen) atoms. The minimum Gasteiger partial charge on any atom is -0.360 e. The van der Waals surface area contributed by atoms with Gasteiger partial charge in [0.15, 0.2) is 5.82 Å². The van der Waals surface area contributed by atoms with Gasteiger partial charge in [0.25, 0.3) is 5.70 Å². The van der Waals surface area contributed by atoms with Crippen molar-refractivity contribution >= 4 is 0 Å². The molecule has 1 aliphatic carbocycles. The molecular formula is C16H20F3N5O2. The lowest BCUT2D eigenvalue weighted by Crippen LogP contribution is -2.48. The number of hydrogen-bond acceptors (Lipinski definition) is 6. The van der Waals surface area contributed by atoms with E-state index in [1.807, 2.05) is 0 Å². The van der Waals surface area contributed by atoms with Gasteiger partial charge in [0.2, 0.25) is 0 Å². The second kappa shape index (κ2) is 6.75. The molecule has 10 heteroatoms. The summed E-state index contributed by atoms with van der Waals surface area (Å²) < 4.78 is 37.9. The van der Waals surface area contributed by atoms with Crippen molar-refractivity contribution in [1.29, 1.82) is 0 Å². The first kappa shape index (κ1) is 18.4.